The summed E-state index contributed by atoms with van der Waals surface area (Å²) in [4.78, 5) is 10.5. The summed E-state index contributed by atoms with van der Waals surface area (Å²) >= 11 is 0. The Balaban J connectivity index is 3.98. The van der Waals surface area contributed by atoms with Crippen molar-refractivity contribution in [1.29, 1.82) is 0 Å². The average Bonchev–Trinajstić information content (AvgIpc) is 2.03. The van der Waals surface area contributed by atoms with Crippen molar-refractivity contribution in [1.82, 2.24) is 0 Å². The molecule has 0 aromatic carbocycles. The molecule has 0 rings (SSSR count). The summed E-state index contributed by atoms with van der Waals surface area (Å²) in [5.41, 5.74) is 5.47. The van der Waals surface area contributed by atoms with Crippen LogP contribution in [0.2, 0.25) is 0 Å². The molecule has 0 spiro atoms. The van der Waals surface area contributed by atoms with Gasteiger partial charge >= 0.3 is 0 Å². The quantitative estimate of drug-likeness (QED) is 0.625. The largest absolute Gasteiger partial charge is 0.548 e. The lowest BCUT2D eigenvalue weighted by Gasteiger charge is -2.23. The number of nitrogens with two attached hydrogens (primary N) is 1. The van der Waals surface area contributed by atoms with Gasteiger partial charge in [-0.1, -0.05) is 26.7 Å². The van der Waals surface area contributed by atoms with Gasteiger partial charge in [0.2, 0.25) is 0 Å². The van der Waals surface area contributed by atoms with E-state index in [1.165, 1.54) is 0 Å². The molecule has 0 bridgehead atoms. The first kappa shape index (κ1) is 11.4. The van der Waals surface area contributed by atoms with Gasteiger partial charge in [-0.2, -0.15) is 0 Å². The second kappa shape index (κ2) is 6.00. The van der Waals surface area contributed by atoms with Crippen LogP contribution in [-0.4, -0.2) is 12.0 Å². The monoisotopic (exact) mass is 172 g/mol. The van der Waals surface area contributed by atoms with Crippen LogP contribution in [0.5, 0.6) is 0 Å². The maximum atomic E-state index is 10.5. The van der Waals surface area contributed by atoms with Crippen LogP contribution in [0.3, 0.4) is 0 Å². The molecule has 0 fully saturated rings. The summed E-state index contributed by atoms with van der Waals surface area (Å²) in [6.07, 6.45) is 3.71. The van der Waals surface area contributed by atoms with Crippen LogP contribution in [0.1, 0.15) is 39.5 Å². The van der Waals surface area contributed by atoms with E-state index < -0.39 is 12.0 Å². The smallest absolute Gasteiger partial charge is 0.0585 e. The molecule has 0 radical (unpaired) electrons. The van der Waals surface area contributed by atoms with Crippen LogP contribution in [0.15, 0.2) is 0 Å². The highest BCUT2D eigenvalue weighted by molar-refractivity contribution is 5.71. The van der Waals surface area contributed by atoms with Crippen LogP contribution >= 0.6 is 0 Å². The lowest BCUT2D eigenvalue weighted by atomic mass is 9.91. The zero-order chi connectivity index (χ0) is 9.56. The number of aliphatic carboxylic acids is 1. The van der Waals surface area contributed by atoms with Crippen molar-refractivity contribution in [2.75, 3.05) is 0 Å². The minimum Gasteiger partial charge on any atom is -0.548 e. The maximum absolute atomic E-state index is 10.5. The fourth-order valence-electron chi connectivity index (χ4n) is 1.44. The average molecular weight is 172 g/mol. The molecule has 0 aromatic heterocycles. The zero-order valence-electron chi connectivity index (χ0n) is 7.88. The molecule has 0 saturated heterocycles. The van der Waals surface area contributed by atoms with Gasteiger partial charge in [-0.05, 0) is 18.8 Å². The van der Waals surface area contributed by atoms with E-state index in [4.69, 9.17) is 5.73 Å². The van der Waals surface area contributed by atoms with Crippen LogP contribution in [0.25, 0.3) is 0 Å². The van der Waals surface area contributed by atoms with Crippen LogP contribution in [0, 0.1) is 5.92 Å². The molecule has 0 amide bonds. The molecule has 0 heterocycles. The van der Waals surface area contributed by atoms with Crippen molar-refractivity contribution >= 4 is 5.97 Å². The minimum atomic E-state index is -1.12. The number of carbonyl (C=O) groups excluding carboxylic acids is 1. The van der Waals surface area contributed by atoms with Gasteiger partial charge in [-0.15, -0.1) is 0 Å². The standard InChI is InChI=1S/C9H19NO2/c1-3-5-7(6-4-2)8(10)9(11)12/h7-8H,3-6,10H2,1-2H3,(H,11,12)/p-1/t8-/m0/s1. The van der Waals surface area contributed by atoms with Crippen molar-refractivity contribution in [3.05, 3.63) is 0 Å². The minimum absolute atomic E-state index is 0.0880. The van der Waals surface area contributed by atoms with Gasteiger partial charge in [-0.25, -0.2) is 0 Å². The molecule has 0 aliphatic carbocycles. The van der Waals surface area contributed by atoms with Crippen LogP contribution in [-0.2, 0) is 4.79 Å². The Bertz CT molecular complexity index is 130. The molecule has 12 heavy (non-hydrogen) atoms. The number of hydrogen-bond donors (Lipinski definition) is 1. The van der Waals surface area contributed by atoms with E-state index in [0.29, 0.717) is 0 Å². The van der Waals surface area contributed by atoms with E-state index in [1.807, 2.05) is 13.8 Å². The van der Waals surface area contributed by atoms with Crippen molar-refractivity contribution in [3.8, 4) is 0 Å². The second-order valence-corrected chi connectivity index (χ2v) is 3.18. The van der Waals surface area contributed by atoms with Crippen molar-refractivity contribution in [2.45, 2.75) is 45.6 Å². The molecule has 2 N–H and O–H groups in total. The Morgan fingerprint density at radius 3 is 2.00 bits per heavy atom. The Labute approximate surface area is 74.0 Å². The molecule has 1 atom stereocenters. The van der Waals surface area contributed by atoms with Gasteiger partial charge in [0, 0.05) is 6.04 Å². The topological polar surface area (TPSA) is 66.2 Å². The third-order valence-electron chi connectivity index (χ3n) is 2.10. The van der Waals surface area contributed by atoms with Crippen molar-refractivity contribution in [3.63, 3.8) is 0 Å². The lowest BCUT2D eigenvalue weighted by molar-refractivity contribution is -0.308. The molecule has 72 valence electrons. The third-order valence-corrected chi connectivity index (χ3v) is 2.10. The first-order valence-corrected chi connectivity index (χ1v) is 4.59. The van der Waals surface area contributed by atoms with Crippen LogP contribution < -0.4 is 10.8 Å². The predicted molar refractivity (Wildman–Crippen MR) is 46.3 cm³/mol. The zero-order valence-corrected chi connectivity index (χ0v) is 7.88. The summed E-state index contributed by atoms with van der Waals surface area (Å²) in [6, 6.07) is -0.787. The van der Waals surface area contributed by atoms with E-state index in [9.17, 15) is 9.90 Å². The normalized spacial score (nSPS) is 13.3. The highest BCUT2D eigenvalue weighted by Crippen LogP contribution is 2.15. The SMILES string of the molecule is CCCC(CCC)[C@H](N)C(=O)[O-]. The molecule has 3 nitrogen and oxygen atoms in total. The molecule has 0 aliphatic rings. The Kier molecular flexibility index (Phi) is 5.72. The van der Waals surface area contributed by atoms with E-state index in [2.05, 4.69) is 0 Å². The summed E-state index contributed by atoms with van der Waals surface area (Å²) in [7, 11) is 0. The molecule has 0 saturated carbocycles. The maximum Gasteiger partial charge on any atom is 0.0585 e. The van der Waals surface area contributed by atoms with E-state index in [-0.39, 0.29) is 5.92 Å². The summed E-state index contributed by atoms with van der Waals surface area (Å²) in [6.45, 7) is 4.06. The molecule has 0 aliphatic heterocycles. The predicted octanol–water partition coefficient (Wildman–Crippen LogP) is 0.280. The first-order valence-electron chi connectivity index (χ1n) is 4.59. The fraction of sp³-hybridized carbons (Fsp3) is 0.889. The van der Waals surface area contributed by atoms with Gasteiger partial charge in [-0.3, -0.25) is 0 Å². The Morgan fingerprint density at radius 2 is 1.75 bits per heavy atom. The number of hydrogen-bond acceptors (Lipinski definition) is 3. The van der Waals surface area contributed by atoms with Crippen LogP contribution in [0.4, 0.5) is 0 Å². The lowest BCUT2D eigenvalue weighted by Crippen LogP contribution is -2.46. The molecular weight excluding hydrogens is 154 g/mol. The number of carbonyl (C=O) groups is 1. The Morgan fingerprint density at radius 1 is 1.33 bits per heavy atom. The summed E-state index contributed by atoms with van der Waals surface area (Å²) in [5, 5.41) is 10.5. The van der Waals surface area contributed by atoms with Gasteiger partial charge in [0.15, 0.2) is 0 Å². The van der Waals surface area contributed by atoms with Gasteiger partial charge in [0.25, 0.3) is 0 Å². The van der Waals surface area contributed by atoms with Gasteiger partial charge < -0.3 is 15.6 Å². The summed E-state index contributed by atoms with van der Waals surface area (Å²) in [5.74, 6) is -1.04. The second-order valence-electron chi connectivity index (χ2n) is 3.18. The molecule has 0 aromatic rings. The fourth-order valence-corrected chi connectivity index (χ4v) is 1.44. The van der Waals surface area contributed by atoms with E-state index in [0.717, 1.165) is 25.7 Å². The van der Waals surface area contributed by atoms with Gasteiger partial charge in [0.05, 0.1) is 5.97 Å². The third kappa shape index (κ3) is 3.72. The molecular formula is C9H18NO2-. The number of carboxylic acids is 1. The van der Waals surface area contributed by atoms with Gasteiger partial charge in [0.1, 0.15) is 0 Å². The highest BCUT2D eigenvalue weighted by atomic mass is 16.4. The first-order chi connectivity index (χ1) is 5.63. The number of carboxylic acid groups (broad SMARTS) is 1. The summed E-state index contributed by atoms with van der Waals surface area (Å²) < 4.78 is 0. The number of rotatable bonds is 6. The van der Waals surface area contributed by atoms with E-state index >= 15 is 0 Å². The molecule has 0 unspecified atom stereocenters. The van der Waals surface area contributed by atoms with E-state index in [1.54, 1.807) is 0 Å². The van der Waals surface area contributed by atoms with Crippen molar-refractivity contribution in [2.24, 2.45) is 11.7 Å². The molecule has 3 heteroatoms. The van der Waals surface area contributed by atoms with Crippen molar-refractivity contribution < 1.29 is 9.90 Å². The highest BCUT2D eigenvalue weighted by Gasteiger charge is 2.16. The Hall–Kier alpha value is -0.570.